The summed E-state index contributed by atoms with van der Waals surface area (Å²) in [6.07, 6.45) is 1.90. The lowest BCUT2D eigenvalue weighted by Gasteiger charge is -2.17. The number of hydrogen-bond donors (Lipinski definition) is 3. The summed E-state index contributed by atoms with van der Waals surface area (Å²) >= 11 is 3.70. The van der Waals surface area contributed by atoms with Crippen LogP contribution in [0.25, 0.3) is 0 Å². The topological polar surface area (TPSA) is 95.5 Å². The molecule has 2 saturated heterocycles. The van der Waals surface area contributed by atoms with Gasteiger partial charge in [-0.3, -0.25) is 9.59 Å². The Hall–Kier alpha value is -0.510. The van der Waals surface area contributed by atoms with Crippen LogP contribution < -0.4 is 10.6 Å². The maximum Gasteiger partial charge on any atom is 0.315 e. The molecule has 1 unspecified atom stereocenters. The van der Waals surface area contributed by atoms with Crippen molar-refractivity contribution in [3.63, 3.8) is 0 Å². The molecule has 3 N–H and O–H groups in total. The van der Waals surface area contributed by atoms with E-state index in [-0.39, 0.29) is 28.3 Å². The molecule has 4 atom stereocenters. The maximum absolute atomic E-state index is 11.5. The predicted molar refractivity (Wildman–Crippen MR) is 84.4 cm³/mol. The summed E-state index contributed by atoms with van der Waals surface area (Å²) < 4.78 is 0.234. The minimum Gasteiger partial charge on any atom is -0.481 e. The highest BCUT2D eigenvalue weighted by Gasteiger charge is 2.42. The number of fused-ring (bicyclic) bond motifs is 1. The average Bonchev–Trinajstić information content (AvgIpc) is 2.93. The van der Waals surface area contributed by atoms with Gasteiger partial charge in [-0.1, -0.05) is 29.0 Å². The number of urea groups is 1. The summed E-state index contributed by atoms with van der Waals surface area (Å²) in [5.74, 6) is -1.24. The fraction of sp³-hybridized carbons (Fsp3) is 0.750. The maximum atomic E-state index is 11.5. The van der Waals surface area contributed by atoms with E-state index in [1.807, 2.05) is 22.6 Å². The predicted octanol–water partition coefficient (Wildman–Crippen LogP) is 1.03. The lowest BCUT2D eigenvalue weighted by molar-refractivity contribution is -0.145. The molecule has 2 aliphatic rings. The summed E-state index contributed by atoms with van der Waals surface area (Å²) in [7, 11) is 0. The van der Waals surface area contributed by atoms with Crippen LogP contribution >= 0.6 is 34.4 Å². The smallest absolute Gasteiger partial charge is 0.315 e. The molecule has 2 amide bonds. The van der Waals surface area contributed by atoms with Gasteiger partial charge in [-0.2, -0.15) is 11.8 Å². The van der Waals surface area contributed by atoms with Crippen LogP contribution in [0.5, 0.6) is 0 Å². The number of ketones is 1. The first-order valence-corrected chi connectivity index (χ1v) is 9.10. The Morgan fingerprint density at radius 3 is 2.85 bits per heavy atom. The van der Waals surface area contributed by atoms with Gasteiger partial charge in [-0.15, -0.1) is 0 Å². The Bertz CT molecular complexity index is 420. The molecule has 2 fully saturated rings. The molecule has 2 rings (SSSR count). The largest absolute Gasteiger partial charge is 0.481 e. The molecule has 2 aliphatic heterocycles. The van der Waals surface area contributed by atoms with Crippen molar-refractivity contribution in [2.75, 3.05) is 10.2 Å². The number of hydrogen-bond acceptors (Lipinski definition) is 4. The molecule has 20 heavy (non-hydrogen) atoms. The highest BCUT2D eigenvalue weighted by atomic mass is 127. The third-order valence-electron chi connectivity index (χ3n) is 3.74. The van der Waals surface area contributed by atoms with Gasteiger partial charge >= 0.3 is 12.0 Å². The van der Waals surface area contributed by atoms with Crippen molar-refractivity contribution in [3.8, 4) is 0 Å². The Morgan fingerprint density at radius 1 is 1.45 bits per heavy atom. The SMILES string of the molecule is O=C1N[C@H]2[C@H](CS[C@H]2CCCC(C(=O)O)C(=O)CI)N1. The summed E-state index contributed by atoms with van der Waals surface area (Å²) in [6.45, 7) is 0. The van der Waals surface area contributed by atoms with Gasteiger partial charge < -0.3 is 15.7 Å². The van der Waals surface area contributed by atoms with Crippen LogP contribution in [-0.2, 0) is 9.59 Å². The fourth-order valence-corrected chi connectivity index (χ4v) is 4.76. The van der Waals surface area contributed by atoms with E-state index in [4.69, 9.17) is 5.11 Å². The van der Waals surface area contributed by atoms with Gasteiger partial charge in [0, 0.05) is 11.0 Å². The quantitative estimate of drug-likeness (QED) is 0.251. The molecule has 0 bridgehead atoms. The number of halogens is 1. The molecule has 0 saturated carbocycles. The van der Waals surface area contributed by atoms with E-state index in [2.05, 4.69) is 10.6 Å². The van der Waals surface area contributed by atoms with Gasteiger partial charge in [-0.05, 0) is 12.8 Å². The van der Waals surface area contributed by atoms with Crippen molar-refractivity contribution in [2.24, 2.45) is 5.92 Å². The van der Waals surface area contributed by atoms with E-state index in [9.17, 15) is 14.4 Å². The molecule has 8 heteroatoms. The van der Waals surface area contributed by atoms with Crippen molar-refractivity contribution in [1.29, 1.82) is 0 Å². The number of carbonyl (C=O) groups is 3. The molecule has 0 aromatic rings. The van der Waals surface area contributed by atoms with Gasteiger partial charge in [-0.25, -0.2) is 4.79 Å². The molecular formula is C12H17IN2O4S. The first-order valence-electron chi connectivity index (χ1n) is 6.53. The van der Waals surface area contributed by atoms with Crippen LogP contribution in [0, 0.1) is 5.92 Å². The number of alkyl halides is 1. The second-order valence-corrected chi connectivity index (χ2v) is 7.08. The highest BCUT2D eigenvalue weighted by molar-refractivity contribution is 14.1. The number of carbonyl (C=O) groups excluding carboxylic acids is 2. The van der Waals surface area contributed by atoms with Crippen LogP contribution in [0.3, 0.4) is 0 Å². The van der Waals surface area contributed by atoms with Gasteiger partial charge in [0.2, 0.25) is 0 Å². The van der Waals surface area contributed by atoms with Crippen molar-refractivity contribution in [2.45, 2.75) is 36.6 Å². The summed E-state index contributed by atoms with van der Waals surface area (Å²) in [5, 5.41) is 15.1. The first-order chi connectivity index (χ1) is 9.52. The fourth-order valence-electron chi connectivity index (χ4n) is 2.68. The zero-order chi connectivity index (χ0) is 14.7. The normalized spacial score (nSPS) is 29.4. The van der Waals surface area contributed by atoms with Crippen LogP contribution in [0.1, 0.15) is 19.3 Å². The van der Waals surface area contributed by atoms with Crippen molar-refractivity contribution < 1.29 is 19.5 Å². The minimum atomic E-state index is -1.03. The van der Waals surface area contributed by atoms with Gasteiger partial charge in [0.1, 0.15) is 5.92 Å². The average molecular weight is 412 g/mol. The van der Waals surface area contributed by atoms with Crippen LogP contribution in [0.4, 0.5) is 4.79 Å². The number of amides is 2. The van der Waals surface area contributed by atoms with Crippen molar-refractivity contribution in [1.82, 2.24) is 10.6 Å². The molecule has 0 aromatic heterocycles. The molecule has 0 aliphatic carbocycles. The second-order valence-electron chi connectivity index (χ2n) is 5.04. The molecule has 0 spiro atoms. The van der Waals surface area contributed by atoms with E-state index < -0.39 is 11.9 Å². The molecule has 112 valence electrons. The van der Waals surface area contributed by atoms with Gasteiger partial charge in [0.05, 0.1) is 16.5 Å². The molecular weight excluding hydrogens is 395 g/mol. The number of Topliss-reactive ketones (excluding diaryl/α,β-unsaturated/α-hetero) is 1. The molecule has 6 nitrogen and oxygen atoms in total. The number of carboxylic acid groups (broad SMARTS) is 1. The Morgan fingerprint density at radius 2 is 2.20 bits per heavy atom. The van der Waals surface area contributed by atoms with E-state index >= 15 is 0 Å². The van der Waals surface area contributed by atoms with Crippen LogP contribution in [0.2, 0.25) is 0 Å². The number of carboxylic acids is 1. The minimum absolute atomic E-state index is 0.117. The third kappa shape index (κ3) is 3.57. The van der Waals surface area contributed by atoms with E-state index in [1.165, 1.54) is 0 Å². The van der Waals surface area contributed by atoms with Crippen LogP contribution in [0.15, 0.2) is 0 Å². The van der Waals surface area contributed by atoms with E-state index in [0.717, 1.165) is 12.2 Å². The van der Waals surface area contributed by atoms with Gasteiger partial charge in [0.15, 0.2) is 5.78 Å². The standard InChI is InChI=1S/C12H17IN2O4S/c13-4-8(16)6(11(17)18)2-1-3-9-10-7(5-20-9)14-12(19)15-10/h6-7,9-10H,1-5H2,(H,17,18)(H2,14,15,19)/t6?,7-,9-,10-/m0/s1. The van der Waals surface area contributed by atoms with Crippen molar-refractivity contribution in [3.05, 3.63) is 0 Å². The zero-order valence-corrected chi connectivity index (χ0v) is 13.8. The summed E-state index contributed by atoms with van der Waals surface area (Å²) in [4.78, 5) is 33.8. The number of rotatable bonds is 7. The van der Waals surface area contributed by atoms with Crippen LogP contribution in [-0.4, -0.2) is 50.4 Å². The summed E-state index contributed by atoms with van der Waals surface area (Å²) in [6, 6.07) is 0.202. The first kappa shape index (κ1) is 15.9. The Labute approximate surface area is 135 Å². The number of nitrogens with one attached hydrogen (secondary N) is 2. The van der Waals surface area contributed by atoms with Crippen molar-refractivity contribution >= 4 is 52.1 Å². The lowest BCUT2D eigenvalue weighted by atomic mass is 9.96. The van der Waals surface area contributed by atoms with E-state index in [1.54, 1.807) is 11.8 Å². The lowest BCUT2D eigenvalue weighted by Crippen LogP contribution is -2.37. The second kappa shape index (κ2) is 6.97. The summed E-state index contributed by atoms with van der Waals surface area (Å²) in [5.41, 5.74) is 0. The Balaban J connectivity index is 1.79. The monoisotopic (exact) mass is 412 g/mol. The highest BCUT2D eigenvalue weighted by Crippen LogP contribution is 2.33. The number of thioether (sulfide) groups is 1. The van der Waals surface area contributed by atoms with E-state index in [0.29, 0.717) is 18.1 Å². The molecule has 0 aromatic carbocycles. The molecule has 2 heterocycles. The zero-order valence-electron chi connectivity index (χ0n) is 10.8. The Kier molecular flexibility index (Phi) is 5.53. The van der Waals surface area contributed by atoms with Gasteiger partial charge in [0.25, 0.3) is 0 Å². The number of aliphatic carboxylic acids is 1. The molecule has 0 radical (unpaired) electrons. The third-order valence-corrected chi connectivity index (χ3v) is 6.00.